The highest BCUT2D eigenvalue weighted by atomic mass is 32.1. The maximum atomic E-state index is 11.6. The van der Waals surface area contributed by atoms with Gasteiger partial charge in [0.1, 0.15) is 10.8 Å². The lowest BCUT2D eigenvalue weighted by Crippen LogP contribution is -2.22. The molecule has 0 aliphatic rings. The smallest absolute Gasteiger partial charge is 0.228 e. The van der Waals surface area contributed by atoms with Crippen LogP contribution in [0.4, 0.5) is 5.82 Å². The number of aromatic amines is 1. The lowest BCUT2D eigenvalue weighted by molar-refractivity contribution is -0.119. The minimum absolute atomic E-state index is 0.0486. The fraction of sp³-hybridized carbons (Fsp3) is 0.444. The van der Waals surface area contributed by atoms with Crippen molar-refractivity contribution in [3.63, 3.8) is 0 Å². The second-order valence-corrected chi connectivity index (χ2v) is 3.76. The van der Waals surface area contributed by atoms with Crippen LogP contribution in [0.2, 0.25) is 0 Å². The van der Waals surface area contributed by atoms with E-state index in [-0.39, 0.29) is 16.8 Å². The SMILES string of the molecule is CCC(C)C(=O)Nc1[nH]ncc1C(N)=S. The Morgan fingerprint density at radius 3 is 3.00 bits per heavy atom. The predicted molar refractivity (Wildman–Crippen MR) is 62.6 cm³/mol. The number of carbonyl (C=O) groups is 1. The number of nitrogens with one attached hydrogen (secondary N) is 2. The Labute approximate surface area is 93.4 Å². The van der Waals surface area contributed by atoms with Gasteiger partial charge in [-0.2, -0.15) is 5.10 Å². The molecule has 1 amide bonds. The van der Waals surface area contributed by atoms with E-state index in [4.69, 9.17) is 18.0 Å². The van der Waals surface area contributed by atoms with Crippen molar-refractivity contribution >= 4 is 28.9 Å². The van der Waals surface area contributed by atoms with Gasteiger partial charge in [0, 0.05) is 5.92 Å². The van der Waals surface area contributed by atoms with E-state index in [1.165, 1.54) is 6.20 Å². The summed E-state index contributed by atoms with van der Waals surface area (Å²) in [6.45, 7) is 3.80. The molecule has 0 spiro atoms. The van der Waals surface area contributed by atoms with Gasteiger partial charge in [-0.05, 0) is 6.42 Å². The first-order chi connectivity index (χ1) is 7.06. The van der Waals surface area contributed by atoms with Gasteiger partial charge in [0.05, 0.1) is 11.8 Å². The maximum Gasteiger partial charge on any atom is 0.228 e. The number of aromatic nitrogens is 2. The Morgan fingerprint density at radius 1 is 1.80 bits per heavy atom. The summed E-state index contributed by atoms with van der Waals surface area (Å²) in [7, 11) is 0. The van der Waals surface area contributed by atoms with Gasteiger partial charge in [-0.25, -0.2) is 0 Å². The second-order valence-electron chi connectivity index (χ2n) is 3.32. The van der Waals surface area contributed by atoms with Crippen molar-refractivity contribution in [1.29, 1.82) is 0 Å². The van der Waals surface area contributed by atoms with Crippen LogP contribution in [0.1, 0.15) is 25.8 Å². The number of thiocarbonyl (C=S) groups is 1. The fourth-order valence-electron chi connectivity index (χ4n) is 1.00. The van der Waals surface area contributed by atoms with Crippen LogP contribution >= 0.6 is 12.2 Å². The van der Waals surface area contributed by atoms with Crippen LogP contribution in [0.3, 0.4) is 0 Å². The first kappa shape index (κ1) is 11.6. The van der Waals surface area contributed by atoms with Crippen molar-refractivity contribution in [3.8, 4) is 0 Å². The van der Waals surface area contributed by atoms with E-state index in [0.29, 0.717) is 11.4 Å². The molecular formula is C9H14N4OS. The van der Waals surface area contributed by atoms with Gasteiger partial charge in [0.2, 0.25) is 5.91 Å². The monoisotopic (exact) mass is 226 g/mol. The molecule has 0 aliphatic carbocycles. The summed E-state index contributed by atoms with van der Waals surface area (Å²) in [4.78, 5) is 11.8. The third-order valence-corrected chi connectivity index (χ3v) is 2.43. The molecule has 1 heterocycles. The predicted octanol–water partition coefficient (Wildman–Crippen LogP) is 1.03. The van der Waals surface area contributed by atoms with Gasteiger partial charge < -0.3 is 11.1 Å². The van der Waals surface area contributed by atoms with Crippen LogP contribution in [-0.4, -0.2) is 21.1 Å². The van der Waals surface area contributed by atoms with Gasteiger partial charge >= 0.3 is 0 Å². The molecule has 0 aliphatic heterocycles. The van der Waals surface area contributed by atoms with Gasteiger partial charge in [0.25, 0.3) is 0 Å². The van der Waals surface area contributed by atoms with E-state index < -0.39 is 0 Å². The third kappa shape index (κ3) is 2.76. The van der Waals surface area contributed by atoms with Crippen molar-refractivity contribution in [1.82, 2.24) is 10.2 Å². The zero-order chi connectivity index (χ0) is 11.4. The lowest BCUT2D eigenvalue weighted by atomic mass is 10.1. The Kier molecular flexibility index (Phi) is 3.79. The molecule has 0 saturated heterocycles. The Balaban J connectivity index is 2.76. The average molecular weight is 226 g/mol. The molecule has 1 atom stereocenters. The van der Waals surface area contributed by atoms with E-state index in [1.807, 2.05) is 13.8 Å². The summed E-state index contributed by atoms with van der Waals surface area (Å²) in [5, 5.41) is 9.12. The summed E-state index contributed by atoms with van der Waals surface area (Å²) in [6, 6.07) is 0. The zero-order valence-electron chi connectivity index (χ0n) is 8.70. The largest absolute Gasteiger partial charge is 0.389 e. The molecule has 1 unspecified atom stereocenters. The van der Waals surface area contributed by atoms with Crippen LogP contribution < -0.4 is 11.1 Å². The molecule has 1 aromatic heterocycles. The van der Waals surface area contributed by atoms with E-state index >= 15 is 0 Å². The Bertz CT molecular complexity index is 374. The van der Waals surface area contributed by atoms with Crippen molar-refractivity contribution in [2.75, 3.05) is 5.32 Å². The van der Waals surface area contributed by atoms with Crippen LogP contribution in [0.15, 0.2) is 6.20 Å². The topological polar surface area (TPSA) is 83.8 Å². The molecule has 0 fully saturated rings. The van der Waals surface area contributed by atoms with Crippen LogP contribution in [0, 0.1) is 5.92 Å². The first-order valence-corrected chi connectivity index (χ1v) is 5.11. The second kappa shape index (κ2) is 4.88. The molecule has 0 bridgehead atoms. The number of anilines is 1. The normalized spacial score (nSPS) is 12.1. The highest BCUT2D eigenvalue weighted by Crippen LogP contribution is 2.12. The van der Waals surface area contributed by atoms with Crippen LogP contribution in [0.25, 0.3) is 0 Å². The molecule has 5 nitrogen and oxygen atoms in total. The number of hydrogen-bond donors (Lipinski definition) is 3. The summed E-state index contributed by atoms with van der Waals surface area (Å²) in [6.07, 6.45) is 2.27. The summed E-state index contributed by atoms with van der Waals surface area (Å²) < 4.78 is 0. The van der Waals surface area contributed by atoms with Crippen molar-refractivity contribution in [2.45, 2.75) is 20.3 Å². The first-order valence-electron chi connectivity index (χ1n) is 4.70. The molecule has 4 N–H and O–H groups in total. The minimum Gasteiger partial charge on any atom is -0.389 e. The van der Waals surface area contributed by atoms with Gasteiger partial charge in [-0.15, -0.1) is 0 Å². The van der Waals surface area contributed by atoms with Gasteiger partial charge in [-0.3, -0.25) is 9.89 Å². The van der Waals surface area contributed by atoms with Crippen molar-refractivity contribution < 1.29 is 4.79 Å². The number of amides is 1. The van der Waals surface area contributed by atoms with Gasteiger partial charge in [0.15, 0.2) is 0 Å². The highest BCUT2D eigenvalue weighted by Gasteiger charge is 2.14. The van der Waals surface area contributed by atoms with E-state index in [0.717, 1.165) is 6.42 Å². The molecular weight excluding hydrogens is 212 g/mol. The van der Waals surface area contributed by atoms with Crippen molar-refractivity contribution in [2.24, 2.45) is 11.7 Å². The minimum atomic E-state index is -0.0701. The molecule has 0 radical (unpaired) electrons. The van der Waals surface area contributed by atoms with Gasteiger partial charge in [-0.1, -0.05) is 26.1 Å². The number of nitrogens with zero attached hydrogens (tertiary/aromatic N) is 1. The summed E-state index contributed by atoms with van der Waals surface area (Å²) in [5.41, 5.74) is 6.02. The fourth-order valence-corrected chi connectivity index (χ4v) is 1.15. The molecule has 6 heteroatoms. The maximum absolute atomic E-state index is 11.6. The molecule has 1 aromatic rings. The Hall–Kier alpha value is -1.43. The molecule has 0 saturated carbocycles. The number of H-pyrrole nitrogens is 1. The van der Waals surface area contributed by atoms with Crippen molar-refractivity contribution in [3.05, 3.63) is 11.8 Å². The van der Waals surface area contributed by atoms with E-state index in [1.54, 1.807) is 0 Å². The number of hydrogen-bond acceptors (Lipinski definition) is 3. The quantitative estimate of drug-likeness (QED) is 0.669. The molecule has 1 rings (SSSR count). The van der Waals surface area contributed by atoms with Crippen LogP contribution in [-0.2, 0) is 4.79 Å². The number of carbonyl (C=O) groups excluding carboxylic acids is 1. The Morgan fingerprint density at radius 2 is 2.47 bits per heavy atom. The van der Waals surface area contributed by atoms with E-state index in [9.17, 15) is 4.79 Å². The number of nitrogens with two attached hydrogens (primary N) is 1. The van der Waals surface area contributed by atoms with E-state index in [2.05, 4.69) is 15.5 Å². The lowest BCUT2D eigenvalue weighted by Gasteiger charge is -2.09. The summed E-state index contributed by atoms with van der Waals surface area (Å²) in [5.74, 6) is 0.347. The highest BCUT2D eigenvalue weighted by molar-refractivity contribution is 7.80. The third-order valence-electron chi connectivity index (χ3n) is 2.21. The standard InChI is InChI=1S/C9H14N4OS/c1-3-5(2)9(14)12-8-6(7(10)15)4-11-13-8/h4-5H,3H2,1-2H3,(H2,10,15)(H2,11,12,13,14). The molecule has 82 valence electrons. The molecule has 15 heavy (non-hydrogen) atoms. The average Bonchev–Trinajstić information content (AvgIpc) is 2.64. The number of rotatable bonds is 4. The summed E-state index contributed by atoms with van der Waals surface area (Å²) >= 11 is 4.82. The zero-order valence-corrected chi connectivity index (χ0v) is 9.52. The van der Waals surface area contributed by atoms with Crippen LogP contribution in [0.5, 0.6) is 0 Å². The molecule has 0 aromatic carbocycles.